The minimum atomic E-state index is -0.362. The minimum absolute atomic E-state index is 0.346. The van der Waals surface area contributed by atoms with Gasteiger partial charge in [-0.05, 0) is 70.6 Å². The van der Waals surface area contributed by atoms with Gasteiger partial charge in [-0.15, -0.1) is 0 Å². The van der Waals surface area contributed by atoms with E-state index in [1.165, 1.54) is 141 Å². The molecule has 0 aromatic heterocycles. The van der Waals surface area contributed by atoms with Crippen molar-refractivity contribution in [3.05, 3.63) is 24.3 Å². The molecule has 0 bridgehead atoms. The molecule has 0 saturated heterocycles. The number of carbonyl (C=O) groups is 2. The lowest BCUT2D eigenvalue weighted by molar-refractivity contribution is -0.128. The summed E-state index contributed by atoms with van der Waals surface area (Å²) in [5, 5.41) is 0. The maximum Gasteiger partial charge on any atom is 0.138 e. The van der Waals surface area contributed by atoms with Crippen LogP contribution in [0.25, 0.3) is 0 Å². The van der Waals surface area contributed by atoms with Gasteiger partial charge in [0.2, 0.25) is 0 Å². The molecule has 0 rings (SSSR count). The SMILES string of the molecule is CCCCCCCC/C=C\CCCCCCCC(=O)CCC(C)(C)C(=O)CCCCCCC/C=C\CCCCCCCC. The van der Waals surface area contributed by atoms with Gasteiger partial charge in [0.15, 0.2) is 0 Å². The van der Waals surface area contributed by atoms with Gasteiger partial charge in [0.25, 0.3) is 0 Å². The minimum Gasteiger partial charge on any atom is -0.300 e. The molecular formula is C41H76O2. The number of carbonyl (C=O) groups excluding carboxylic acids is 2. The molecule has 2 heteroatoms. The Bertz CT molecular complexity index is 671. The van der Waals surface area contributed by atoms with E-state index in [1.807, 2.05) is 13.8 Å². The monoisotopic (exact) mass is 601 g/mol. The number of rotatable bonds is 34. The van der Waals surface area contributed by atoms with Crippen molar-refractivity contribution in [3.8, 4) is 0 Å². The molecule has 0 aromatic carbocycles. The Balaban J connectivity index is 3.61. The lowest BCUT2D eigenvalue weighted by atomic mass is 9.80. The second-order valence-corrected chi connectivity index (χ2v) is 14.0. The summed E-state index contributed by atoms with van der Waals surface area (Å²) in [7, 11) is 0. The maximum absolute atomic E-state index is 12.8. The Morgan fingerprint density at radius 3 is 1.14 bits per heavy atom. The summed E-state index contributed by atoms with van der Waals surface area (Å²) in [5.74, 6) is 0.693. The molecule has 43 heavy (non-hydrogen) atoms. The molecule has 0 aliphatic carbocycles. The molecule has 0 radical (unpaired) electrons. The number of hydrogen-bond donors (Lipinski definition) is 0. The van der Waals surface area contributed by atoms with Gasteiger partial charge >= 0.3 is 0 Å². The van der Waals surface area contributed by atoms with Crippen LogP contribution in [0, 0.1) is 5.41 Å². The summed E-state index contributed by atoms with van der Waals surface area (Å²) in [6.45, 7) is 8.64. The van der Waals surface area contributed by atoms with Crippen molar-refractivity contribution in [1.29, 1.82) is 0 Å². The van der Waals surface area contributed by atoms with Gasteiger partial charge in [0, 0.05) is 24.7 Å². The van der Waals surface area contributed by atoms with E-state index in [1.54, 1.807) is 0 Å². The van der Waals surface area contributed by atoms with Crippen LogP contribution in [0.2, 0.25) is 0 Å². The Kier molecular flexibility index (Phi) is 31.3. The van der Waals surface area contributed by atoms with Crippen LogP contribution in [0.4, 0.5) is 0 Å². The molecule has 0 aromatic rings. The molecular weight excluding hydrogens is 524 g/mol. The molecule has 252 valence electrons. The molecule has 0 saturated carbocycles. The highest BCUT2D eigenvalue weighted by Crippen LogP contribution is 2.27. The second-order valence-electron chi connectivity index (χ2n) is 14.0. The van der Waals surface area contributed by atoms with Crippen LogP contribution in [0.3, 0.4) is 0 Å². The predicted molar refractivity (Wildman–Crippen MR) is 192 cm³/mol. The van der Waals surface area contributed by atoms with Crippen LogP contribution < -0.4 is 0 Å². The molecule has 0 aliphatic heterocycles. The maximum atomic E-state index is 12.8. The highest BCUT2D eigenvalue weighted by molar-refractivity contribution is 5.85. The van der Waals surface area contributed by atoms with Gasteiger partial charge in [0.1, 0.15) is 11.6 Å². The first-order chi connectivity index (χ1) is 20.9. The zero-order valence-corrected chi connectivity index (χ0v) is 29.8. The van der Waals surface area contributed by atoms with Crippen molar-refractivity contribution in [2.45, 2.75) is 220 Å². The topological polar surface area (TPSA) is 34.1 Å². The van der Waals surface area contributed by atoms with Gasteiger partial charge in [-0.2, -0.15) is 0 Å². The summed E-state index contributed by atoms with van der Waals surface area (Å²) in [5.41, 5.74) is -0.362. The third kappa shape index (κ3) is 30.6. The van der Waals surface area contributed by atoms with Crippen LogP contribution in [0.1, 0.15) is 220 Å². The van der Waals surface area contributed by atoms with Crippen molar-refractivity contribution in [1.82, 2.24) is 0 Å². The Hall–Kier alpha value is -1.18. The van der Waals surface area contributed by atoms with E-state index in [-0.39, 0.29) is 5.41 Å². The standard InChI is InChI=1S/C41H76O2/c1-5-7-9-11-13-15-17-19-21-23-25-27-29-31-33-35-39(42)37-38-41(3,4)40(43)36-34-32-30-28-26-24-22-20-18-16-14-12-10-8-6-2/h19-22H,5-18,23-38H2,1-4H3/b21-19-,22-20-. The fraction of sp³-hybridized carbons (Fsp3) is 0.854. The molecule has 0 N–H and O–H groups in total. The third-order valence-corrected chi connectivity index (χ3v) is 9.17. The van der Waals surface area contributed by atoms with Crippen LogP contribution in [0.5, 0.6) is 0 Å². The Labute approximate surface area is 270 Å². The lowest BCUT2D eigenvalue weighted by Gasteiger charge is -2.22. The van der Waals surface area contributed by atoms with E-state index in [9.17, 15) is 9.59 Å². The van der Waals surface area contributed by atoms with Gasteiger partial charge in [-0.25, -0.2) is 0 Å². The zero-order chi connectivity index (χ0) is 31.7. The van der Waals surface area contributed by atoms with E-state index < -0.39 is 0 Å². The van der Waals surface area contributed by atoms with Crippen molar-refractivity contribution in [2.75, 3.05) is 0 Å². The van der Waals surface area contributed by atoms with Crippen molar-refractivity contribution in [2.24, 2.45) is 5.41 Å². The molecule has 0 amide bonds. The third-order valence-electron chi connectivity index (χ3n) is 9.17. The van der Waals surface area contributed by atoms with E-state index >= 15 is 0 Å². The molecule has 0 aliphatic rings. The average Bonchev–Trinajstić information content (AvgIpc) is 2.99. The van der Waals surface area contributed by atoms with Crippen LogP contribution >= 0.6 is 0 Å². The quantitative estimate of drug-likeness (QED) is 0.0544. The summed E-state index contributed by atoms with van der Waals surface area (Å²) < 4.78 is 0. The molecule has 2 nitrogen and oxygen atoms in total. The first-order valence-electron chi connectivity index (χ1n) is 19.3. The van der Waals surface area contributed by atoms with E-state index in [0.29, 0.717) is 37.2 Å². The summed E-state index contributed by atoms with van der Waals surface area (Å²) in [6, 6.07) is 0. The van der Waals surface area contributed by atoms with Gasteiger partial charge < -0.3 is 0 Å². The average molecular weight is 601 g/mol. The van der Waals surface area contributed by atoms with Crippen LogP contribution in [-0.2, 0) is 9.59 Å². The highest BCUT2D eigenvalue weighted by atomic mass is 16.1. The Morgan fingerprint density at radius 1 is 0.419 bits per heavy atom. The molecule has 0 atom stereocenters. The first kappa shape index (κ1) is 41.8. The molecule has 0 fully saturated rings. The number of allylic oxidation sites excluding steroid dienone is 4. The van der Waals surface area contributed by atoms with Gasteiger partial charge in [0.05, 0.1) is 0 Å². The highest BCUT2D eigenvalue weighted by Gasteiger charge is 2.27. The van der Waals surface area contributed by atoms with Crippen molar-refractivity contribution >= 4 is 11.6 Å². The first-order valence-corrected chi connectivity index (χ1v) is 19.3. The predicted octanol–water partition coefficient (Wildman–Crippen LogP) is 14.0. The smallest absolute Gasteiger partial charge is 0.138 e. The number of Topliss-reactive ketones (excluding diaryl/α,β-unsaturated/α-hetero) is 2. The molecule has 0 heterocycles. The Morgan fingerprint density at radius 2 is 0.744 bits per heavy atom. The fourth-order valence-corrected chi connectivity index (χ4v) is 5.80. The number of unbranched alkanes of at least 4 members (excludes halogenated alkanes) is 22. The van der Waals surface area contributed by atoms with E-state index in [2.05, 4.69) is 38.2 Å². The summed E-state index contributed by atoms with van der Waals surface area (Å²) in [4.78, 5) is 25.2. The van der Waals surface area contributed by atoms with Crippen molar-refractivity contribution in [3.63, 3.8) is 0 Å². The van der Waals surface area contributed by atoms with Crippen LogP contribution in [0.15, 0.2) is 24.3 Å². The lowest BCUT2D eigenvalue weighted by Crippen LogP contribution is -2.25. The second kappa shape index (κ2) is 32.2. The molecule has 0 unspecified atom stereocenters. The molecule has 0 spiro atoms. The van der Waals surface area contributed by atoms with E-state index in [0.717, 1.165) is 25.7 Å². The van der Waals surface area contributed by atoms with E-state index in [4.69, 9.17) is 0 Å². The fourth-order valence-electron chi connectivity index (χ4n) is 5.80. The summed E-state index contributed by atoms with van der Waals surface area (Å²) in [6.07, 6.45) is 45.4. The zero-order valence-electron chi connectivity index (χ0n) is 29.8. The largest absolute Gasteiger partial charge is 0.300 e. The summed E-state index contributed by atoms with van der Waals surface area (Å²) >= 11 is 0. The van der Waals surface area contributed by atoms with Crippen LogP contribution in [-0.4, -0.2) is 11.6 Å². The number of hydrogen-bond acceptors (Lipinski definition) is 2. The van der Waals surface area contributed by atoms with Crippen molar-refractivity contribution < 1.29 is 9.59 Å². The number of ketones is 2. The normalized spacial score (nSPS) is 12.2. The van der Waals surface area contributed by atoms with Gasteiger partial charge in [-0.1, -0.05) is 155 Å². The van der Waals surface area contributed by atoms with Gasteiger partial charge in [-0.3, -0.25) is 9.59 Å².